The molecule has 4 rings (SSSR count). The van der Waals surface area contributed by atoms with Crippen molar-refractivity contribution in [1.82, 2.24) is 5.32 Å². The average Bonchev–Trinajstić information content (AvgIpc) is 2.90. The molecule has 0 spiro atoms. The highest BCUT2D eigenvalue weighted by Crippen LogP contribution is 2.39. The van der Waals surface area contributed by atoms with E-state index in [-0.39, 0.29) is 18.2 Å². The number of carbonyl (C=O) groups is 3. The summed E-state index contributed by atoms with van der Waals surface area (Å²) in [5.41, 5.74) is 1.29. The van der Waals surface area contributed by atoms with Gasteiger partial charge in [0.15, 0.2) is 0 Å². The zero-order chi connectivity index (χ0) is 13.9. The van der Waals surface area contributed by atoms with Crippen molar-refractivity contribution >= 4 is 34.2 Å². The van der Waals surface area contributed by atoms with Gasteiger partial charge in [-0.05, 0) is 17.5 Å². The number of nitrogens with zero attached hydrogens (tertiary/aromatic N) is 1. The smallest absolute Gasteiger partial charge is 0.259 e. The van der Waals surface area contributed by atoms with Gasteiger partial charge in [-0.15, -0.1) is 0 Å². The Kier molecular flexibility index (Phi) is 2.04. The van der Waals surface area contributed by atoms with Crippen LogP contribution < -0.4 is 10.2 Å². The zero-order valence-electron chi connectivity index (χ0n) is 10.4. The highest BCUT2D eigenvalue weighted by atomic mass is 16.2. The summed E-state index contributed by atoms with van der Waals surface area (Å²) in [6, 6.07) is 10.4. The van der Waals surface area contributed by atoms with E-state index >= 15 is 0 Å². The average molecular weight is 266 g/mol. The van der Waals surface area contributed by atoms with Crippen LogP contribution in [-0.2, 0) is 9.59 Å². The third-order valence-electron chi connectivity index (χ3n) is 3.85. The Morgan fingerprint density at radius 3 is 2.50 bits per heavy atom. The second-order valence-electron chi connectivity index (χ2n) is 4.99. The first-order valence-corrected chi connectivity index (χ1v) is 6.36. The standard InChI is InChI=1S/C15H10N2O3/c18-12-7-11(14(19)16-12)17-10-6-2-4-8-3-1-5-9(13(8)10)15(17)20/h1-6,11H,7H2,(H,16,18,19). The molecule has 1 fully saturated rings. The molecule has 0 aliphatic carbocycles. The van der Waals surface area contributed by atoms with Crippen LogP contribution in [0.25, 0.3) is 10.8 Å². The maximum absolute atomic E-state index is 12.6. The van der Waals surface area contributed by atoms with Crippen LogP contribution in [0.1, 0.15) is 16.8 Å². The lowest BCUT2D eigenvalue weighted by atomic mass is 10.1. The van der Waals surface area contributed by atoms with Crippen molar-refractivity contribution < 1.29 is 14.4 Å². The minimum atomic E-state index is -0.743. The predicted molar refractivity (Wildman–Crippen MR) is 72.3 cm³/mol. The first-order valence-electron chi connectivity index (χ1n) is 6.36. The van der Waals surface area contributed by atoms with Crippen molar-refractivity contribution in [3.8, 4) is 0 Å². The number of hydrogen-bond donors (Lipinski definition) is 1. The molecule has 1 N–H and O–H groups in total. The van der Waals surface area contributed by atoms with E-state index in [9.17, 15) is 14.4 Å². The molecule has 5 heteroatoms. The quantitative estimate of drug-likeness (QED) is 0.789. The molecule has 2 aliphatic heterocycles. The second kappa shape index (κ2) is 3.66. The highest BCUT2D eigenvalue weighted by molar-refractivity contribution is 6.27. The van der Waals surface area contributed by atoms with E-state index in [1.807, 2.05) is 30.3 Å². The van der Waals surface area contributed by atoms with Gasteiger partial charge in [0.05, 0.1) is 12.1 Å². The Morgan fingerprint density at radius 2 is 1.80 bits per heavy atom. The van der Waals surface area contributed by atoms with Gasteiger partial charge in [-0.2, -0.15) is 0 Å². The van der Waals surface area contributed by atoms with Crippen molar-refractivity contribution in [2.45, 2.75) is 12.5 Å². The van der Waals surface area contributed by atoms with E-state index in [4.69, 9.17) is 0 Å². The largest absolute Gasteiger partial charge is 0.295 e. The molecule has 98 valence electrons. The molecule has 5 nitrogen and oxygen atoms in total. The van der Waals surface area contributed by atoms with Gasteiger partial charge in [0.25, 0.3) is 5.91 Å². The number of hydrogen-bond acceptors (Lipinski definition) is 3. The van der Waals surface area contributed by atoms with E-state index in [0.717, 1.165) is 10.8 Å². The van der Waals surface area contributed by atoms with Crippen molar-refractivity contribution in [3.05, 3.63) is 42.0 Å². The molecule has 2 aromatic rings. The maximum Gasteiger partial charge on any atom is 0.259 e. The molecule has 0 bridgehead atoms. The molecule has 1 saturated heterocycles. The first kappa shape index (κ1) is 11.2. The summed E-state index contributed by atoms with van der Waals surface area (Å²) in [6.07, 6.45) is 0.0228. The Bertz CT molecular complexity index is 792. The van der Waals surface area contributed by atoms with Crippen molar-refractivity contribution in [2.75, 3.05) is 4.90 Å². The van der Waals surface area contributed by atoms with Crippen LogP contribution >= 0.6 is 0 Å². The normalized spacial score (nSPS) is 20.9. The lowest BCUT2D eigenvalue weighted by Crippen LogP contribution is -2.42. The lowest BCUT2D eigenvalue weighted by Gasteiger charge is -2.22. The number of nitrogens with one attached hydrogen (secondary N) is 1. The second-order valence-corrected chi connectivity index (χ2v) is 4.99. The zero-order valence-corrected chi connectivity index (χ0v) is 10.4. The topological polar surface area (TPSA) is 66.5 Å². The molecule has 2 aliphatic rings. The number of imide groups is 1. The maximum atomic E-state index is 12.6. The van der Waals surface area contributed by atoms with Crippen molar-refractivity contribution in [3.63, 3.8) is 0 Å². The predicted octanol–water partition coefficient (Wildman–Crippen LogP) is 1.22. The lowest BCUT2D eigenvalue weighted by molar-refractivity contribution is -0.125. The Balaban J connectivity index is 1.93. The minimum absolute atomic E-state index is 0.0228. The summed E-state index contributed by atoms with van der Waals surface area (Å²) in [6.45, 7) is 0. The van der Waals surface area contributed by atoms with E-state index in [1.165, 1.54) is 4.90 Å². The van der Waals surface area contributed by atoms with Gasteiger partial charge in [0, 0.05) is 10.9 Å². The fourth-order valence-corrected chi connectivity index (χ4v) is 3.00. The van der Waals surface area contributed by atoms with Crippen LogP contribution in [0.5, 0.6) is 0 Å². The van der Waals surface area contributed by atoms with Gasteiger partial charge in [0.2, 0.25) is 11.8 Å². The van der Waals surface area contributed by atoms with Crippen LogP contribution in [-0.4, -0.2) is 23.8 Å². The minimum Gasteiger partial charge on any atom is -0.295 e. The van der Waals surface area contributed by atoms with Gasteiger partial charge < -0.3 is 0 Å². The molecule has 0 saturated carbocycles. The Hall–Kier alpha value is -2.69. The molecule has 2 aromatic carbocycles. The van der Waals surface area contributed by atoms with Crippen LogP contribution in [0.15, 0.2) is 36.4 Å². The van der Waals surface area contributed by atoms with E-state index < -0.39 is 11.9 Å². The van der Waals surface area contributed by atoms with Gasteiger partial charge in [-0.1, -0.05) is 24.3 Å². The third-order valence-corrected chi connectivity index (χ3v) is 3.85. The van der Waals surface area contributed by atoms with Gasteiger partial charge in [0.1, 0.15) is 6.04 Å². The number of rotatable bonds is 1. The van der Waals surface area contributed by atoms with Gasteiger partial charge in [-0.25, -0.2) is 0 Å². The van der Waals surface area contributed by atoms with Gasteiger partial charge in [-0.3, -0.25) is 24.6 Å². The molecule has 20 heavy (non-hydrogen) atoms. The summed E-state index contributed by atoms with van der Waals surface area (Å²) in [7, 11) is 0. The Morgan fingerprint density at radius 1 is 1.05 bits per heavy atom. The summed E-state index contributed by atoms with van der Waals surface area (Å²) < 4.78 is 0. The molecule has 2 heterocycles. The number of benzene rings is 2. The highest BCUT2D eigenvalue weighted by Gasteiger charge is 2.42. The van der Waals surface area contributed by atoms with Crippen LogP contribution in [0.3, 0.4) is 0 Å². The number of anilines is 1. The van der Waals surface area contributed by atoms with Crippen LogP contribution in [0, 0.1) is 0 Å². The molecule has 1 atom stereocenters. The first-order chi connectivity index (χ1) is 9.66. The van der Waals surface area contributed by atoms with E-state index in [2.05, 4.69) is 5.32 Å². The fraction of sp³-hybridized carbons (Fsp3) is 0.133. The fourth-order valence-electron chi connectivity index (χ4n) is 3.00. The number of amides is 3. The van der Waals surface area contributed by atoms with E-state index in [0.29, 0.717) is 11.3 Å². The van der Waals surface area contributed by atoms with Gasteiger partial charge >= 0.3 is 0 Å². The summed E-state index contributed by atoms with van der Waals surface area (Å²) in [4.78, 5) is 37.2. The summed E-state index contributed by atoms with van der Waals surface area (Å²) >= 11 is 0. The van der Waals surface area contributed by atoms with E-state index in [1.54, 1.807) is 6.07 Å². The third kappa shape index (κ3) is 1.29. The summed E-state index contributed by atoms with van der Waals surface area (Å²) in [5.74, 6) is -0.962. The number of carbonyl (C=O) groups excluding carboxylic acids is 3. The van der Waals surface area contributed by atoms with Crippen molar-refractivity contribution in [2.24, 2.45) is 0 Å². The molecule has 0 radical (unpaired) electrons. The SMILES string of the molecule is O=C1CC(N2C(=O)c3cccc4cccc2c34)C(=O)N1. The van der Waals surface area contributed by atoms with Crippen LogP contribution in [0.2, 0.25) is 0 Å². The van der Waals surface area contributed by atoms with Crippen LogP contribution in [0.4, 0.5) is 5.69 Å². The monoisotopic (exact) mass is 266 g/mol. The summed E-state index contributed by atoms with van der Waals surface area (Å²) in [5, 5.41) is 4.06. The molecule has 1 unspecified atom stereocenters. The molecular formula is C15H10N2O3. The Labute approximate surface area is 114 Å². The van der Waals surface area contributed by atoms with Crippen molar-refractivity contribution in [1.29, 1.82) is 0 Å². The molecule has 0 aromatic heterocycles. The molecular weight excluding hydrogens is 256 g/mol. The molecule has 3 amide bonds.